The van der Waals surface area contributed by atoms with Gasteiger partial charge in [-0.05, 0) is 36.2 Å². The fourth-order valence-electron chi connectivity index (χ4n) is 2.79. The van der Waals surface area contributed by atoms with Crippen LogP contribution in [0.1, 0.15) is 17.5 Å². The van der Waals surface area contributed by atoms with Crippen LogP contribution in [-0.2, 0) is 6.54 Å². The van der Waals surface area contributed by atoms with Crippen LogP contribution >= 0.6 is 24.0 Å². The van der Waals surface area contributed by atoms with Gasteiger partial charge in [0.05, 0.1) is 20.3 Å². The minimum Gasteiger partial charge on any atom is -0.496 e. The summed E-state index contributed by atoms with van der Waals surface area (Å²) in [5.74, 6) is 3.12. The molecule has 0 fully saturated rings. The summed E-state index contributed by atoms with van der Waals surface area (Å²) in [4.78, 5) is 4.28. The number of rotatable bonds is 4. The molecule has 7 heteroatoms. The Labute approximate surface area is 177 Å². The number of benzene rings is 2. The molecule has 0 unspecified atom stereocenters. The van der Waals surface area contributed by atoms with Crippen LogP contribution in [0.4, 0.5) is 5.69 Å². The van der Waals surface area contributed by atoms with Crippen LogP contribution in [0.15, 0.2) is 41.4 Å². The van der Waals surface area contributed by atoms with Crippen LogP contribution in [-0.4, -0.2) is 33.3 Å². The SMILES string of the molecule is CN=C(NCc1ccc(OC)c(C)c1)Nc1ccc2c(c1)OCCCO2.I. The zero-order valence-corrected chi connectivity index (χ0v) is 18.2. The van der Waals surface area contributed by atoms with Crippen molar-refractivity contribution in [3.63, 3.8) is 0 Å². The molecule has 0 saturated heterocycles. The Morgan fingerprint density at radius 2 is 1.89 bits per heavy atom. The van der Waals surface area contributed by atoms with Crippen molar-refractivity contribution in [2.45, 2.75) is 19.9 Å². The minimum absolute atomic E-state index is 0. The molecule has 1 aliphatic rings. The van der Waals surface area contributed by atoms with Crippen LogP contribution in [0.25, 0.3) is 0 Å². The highest BCUT2D eigenvalue weighted by molar-refractivity contribution is 14.0. The van der Waals surface area contributed by atoms with E-state index in [1.54, 1.807) is 14.2 Å². The molecule has 27 heavy (non-hydrogen) atoms. The van der Waals surface area contributed by atoms with Gasteiger partial charge in [-0.3, -0.25) is 4.99 Å². The second-order valence-corrected chi connectivity index (χ2v) is 6.07. The van der Waals surface area contributed by atoms with Crippen molar-refractivity contribution in [3.8, 4) is 17.2 Å². The molecule has 3 rings (SSSR count). The predicted molar refractivity (Wildman–Crippen MR) is 119 cm³/mol. The molecule has 146 valence electrons. The maximum Gasteiger partial charge on any atom is 0.195 e. The maximum atomic E-state index is 5.73. The van der Waals surface area contributed by atoms with Gasteiger partial charge in [0.25, 0.3) is 0 Å². The van der Waals surface area contributed by atoms with Crippen LogP contribution in [0.5, 0.6) is 17.2 Å². The highest BCUT2D eigenvalue weighted by Gasteiger charge is 2.11. The van der Waals surface area contributed by atoms with Crippen molar-refractivity contribution < 1.29 is 14.2 Å². The number of halogens is 1. The number of anilines is 1. The Kier molecular flexibility index (Phi) is 8.02. The van der Waals surface area contributed by atoms with Gasteiger partial charge in [-0.2, -0.15) is 0 Å². The number of hydrogen-bond donors (Lipinski definition) is 2. The summed E-state index contributed by atoms with van der Waals surface area (Å²) in [6.07, 6.45) is 0.891. The smallest absolute Gasteiger partial charge is 0.195 e. The molecule has 1 heterocycles. The van der Waals surface area contributed by atoms with Crippen LogP contribution in [0, 0.1) is 6.92 Å². The number of fused-ring (bicyclic) bond motifs is 1. The zero-order chi connectivity index (χ0) is 18.4. The molecule has 0 saturated carbocycles. The number of aliphatic imine (C=N–C) groups is 1. The quantitative estimate of drug-likeness (QED) is 0.392. The number of nitrogens with zero attached hydrogens (tertiary/aromatic N) is 1. The largest absolute Gasteiger partial charge is 0.496 e. The van der Waals surface area contributed by atoms with E-state index in [0.717, 1.165) is 40.5 Å². The lowest BCUT2D eigenvalue weighted by Gasteiger charge is -2.14. The summed E-state index contributed by atoms with van der Waals surface area (Å²) >= 11 is 0. The number of nitrogens with one attached hydrogen (secondary N) is 2. The summed E-state index contributed by atoms with van der Waals surface area (Å²) in [5, 5.41) is 6.60. The van der Waals surface area contributed by atoms with Crippen molar-refractivity contribution in [1.82, 2.24) is 5.32 Å². The lowest BCUT2D eigenvalue weighted by Crippen LogP contribution is -2.30. The predicted octanol–water partition coefficient (Wildman–Crippen LogP) is 3.97. The van der Waals surface area contributed by atoms with E-state index in [-0.39, 0.29) is 24.0 Å². The third-order valence-electron chi connectivity index (χ3n) is 4.15. The minimum atomic E-state index is 0. The summed E-state index contributed by atoms with van der Waals surface area (Å²) in [7, 11) is 3.43. The van der Waals surface area contributed by atoms with Gasteiger partial charge in [-0.1, -0.05) is 12.1 Å². The Balaban J connectivity index is 0.00000261. The van der Waals surface area contributed by atoms with E-state index in [4.69, 9.17) is 14.2 Å². The van der Waals surface area contributed by atoms with E-state index >= 15 is 0 Å². The lowest BCUT2D eigenvalue weighted by molar-refractivity contribution is 0.297. The Bertz CT molecular complexity index is 796. The van der Waals surface area contributed by atoms with Gasteiger partial charge >= 0.3 is 0 Å². The first kappa shape index (κ1) is 21.1. The molecule has 2 aromatic rings. The number of ether oxygens (including phenoxy) is 3. The summed E-state index contributed by atoms with van der Waals surface area (Å²) in [6.45, 7) is 4.05. The van der Waals surface area contributed by atoms with Crippen LogP contribution in [0.3, 0.4) is 0 Å². The molecule has 1 aliphatic heterocycles. The zero-order valence-electron chi connectivity index (χ0n) is 15.9. The van der Waals surface area contributed by atoms with E-state index in [0.29, 0.717) is 25.7 Å². The van der Waals surface area contributed by atoms with Gasteiger partial charge in [0.15, 0.2) is 17.5 Å². The highest BCUT2D eigenvalue weighted by Crippen LogP contribution is 2.32. The fourth-order valence-corrected chi connectivity index (χ4v) is 2.79. The molecule has 0 bridgehead atoms. The first-order valence-electron chi connectivity index (χ1n) is 8.70. The third kappa shape index (κ3) is 5.66. The van der Waals surface area contributed by atoms with Crippen molar-refractivity contribution in [3.05, 3.63) is 47.5 Å². The number of hydrogen-bond acceptors (Lipinski definition) is 4. The summed E-state index contributed by atoms with van der Waals surface area (Å²) in [6, 6.07) is 11.9. The molecular weight excluding hydrogens is 457 g/mol. The highest BCUT2D eigenvalue weighted by atomic mass is 127. The van der Waals surface area contributed by atoms with E-state index in [2.05, 4.69) is 21.7 Å². The van der Waals surface area contributed by atoms with Crippen molar-refractivity contribution in [2.75, 3.05) is 32.7 Å². The molecule has 0 radical (unpaired) electrons. The monoisotopic (exact) mass is 483 g/mol. The Morgan fingerprint density at radius 1 is 1.11 bits per heavy atom. The van der Waals surface area contributed by atoms with Crippen molar-refractivity contribution in [2.24, 2.45) is 4.99 Å². The van der Waals surface area contributed by atoms with Gasteiger partial charge in [0.1, 0.15) is 5.75 Å². The fraction of sp³-hybridized carbons (Fsp3) is 0.350. The molecule has 2 N–H and O–H groups in total. The van der Waals surface area contributed by atoms with Crippen LogP contribution in [0.2, 0.25) is 0 Å². The van der Waals surface area contributed by atoms with Crippen LogP contribution < -0.4 is 24.8 Å². The molecule has 0 aromatic heterocycles. The lowest BCUT2D eigenvalue weighted by atomic mass is 10.1. The van der Waals surface area contributed by atoms with Crippen molar-refractivity contribution >= 4 is 35.6 Å². The number of methoxy groups -OCH3 is 1. The topological polar surface area (TPSA) is 64.1 Å². The molecule has 0 amide bonds. The van der Waals surface area contributed by atoms with E-state index in [1.807, 2.05) is 37.3 Å². The second kappa shape index (κ2) is 10.2. The van der Waals surface area contributed by atoms with Gasteiger partial charge in [-0.25, -0.2) is 0 Å². The first-order valence-corrected chi connectivity index (χ1v) is 8.70. The van der Waals surface area contributed by atoms with E-state index in [1.165, 1.54) is 0 Å². The Hall–Kier alpha value is -2.16. The summed E-state index contributed by atoms with van der Waals surface area (Å²) in [5.41, 5.74) is 3.16. The van der Waals surface area contributed by atoms with Crippen molar-refractivity contribution in [1.29, 1.82) is 0 Å². The molecule has 6 nitrogen and oxygen atoms in total. The third-order valence-corrected chi connectivity index (χ3v) is 4.15. The molecule has 0 atom stereocenters. The van der Waals surface area contributed by atoms with E-state index in [9.17, 15) is 0 Å². The van der Waals surface area contributed by atoms with Gasteiger partial charge in [0.2, 0.25) is 0 Å². The van der Waals surface area contributed by atoms with E-state index < -0.39 is 0 Å². The average molecular weight is 483 g/mol. The van der Waals surface area contributed by atoms with Gasteiger partial charge in [-0.15, -0.1) is 24.0 Å². The maximum absolute atomic E-state index is 5.73. The summed E-state index contributed by atoms with van der Waals surface area (Å²) < 4.78 is 16.7. The second-order valence-electron chi connectivity index (χ2n) is 6.07. The molecule has 0 spiro atoms. The molecule has 0 aliphatic carbocycles. The molecular formula is C20H26IN3O3. The standard InChI is InChI=1S/C20H25N3O3.HI/c1-14-11-15(5-7-17(14)24-3)13-22-20(21-2)23-16-6-8-18-19(12-16)26-10-4-9-25-18;/h5-8,11-12H,4,9-10,13H2,1-3H3,(H2,21,22,23);1H. The Morgan fingerprint density at radius 3 is 2.59 bits per heavy atom. The average Bonchev–Trinajstić information content (AvgIpc) is 2.90. The number of guanidine groups is 1. The first-order chi connectivity index (χ1) is 12.7. The normalized spacial score (nSPS) is 13.2. The number of aryl methyl sites for hydroxylation is 1. The molecule has 2 aromatic carbocycles. The van der Waals surface area contributed by atoms with Gasteiger partial charge in [0, 0.05) is 31.8 Å². The van der Waals surface area contributed by atoms with Gasteiger partial charge < -0.3 is 24.8 Å².